The molecule has 0 aliphatic carbocycles. The lowest BCUT2D eigenvalue weighted by Crippen LogP contribution is -2.31. The minimum Gasteiger partial charge on any atom is -0.368 e. The molecule has 1 aliphatic heterocycles. The molecular formula is C17H19F3N6O3S. The zero-order chi connectivity index (χ0) is 22.1. The Bertz CT molecular complexity index is 1070. The number of fused-ring (bicyclic) bond motifs is 1. The first-order valence-corrected chi connectivity index (χ1v) is 10.6. The fraction of sp³-hybridized carbons (Fsp3) is 0.353. The molecule has 3 rings (SSSR count). The average Bonchev–Trinajstić information content (AvgIpc) is 3.01. The van der Waals surface area contributed by atoms with E-state index < -0.39 is 27.6 Å². The molecule has 0 radical (unpaired) electrons. The predicted molar refractivity (Wildman–Crippen MR) is 105 cm³/mol. The molecule has 0 saturated carbocycles. The number of amides is 1. The smallest absolute Gasteiger partial charge is 0.368 e. The molecule has 0 saturated heterocycles. The van der Waals surface area contributed by atoms with Gasteiger partial charge in [0.25, 0.3) is 0 Å². The van der Waals surface area contributed by atoms with Crippen LogP contribution in [0.3, 0.4) is 0 Å². The van der Waals surface area contributed by atoms with E-state index in [1.54, 1.807) is 18.2 Å². The van der Waals surface area contributed by atoms with Gasteiger partial charge >= 0.3 is 6.18 Å². The normalized spacial score (nSPS) is 13.9. The second-order valence-corrected chi connectivity index (χ2v) is 8.74. The summed E-state index contributed by atoms with van der Waals surface area (Å²) in [4.78, 5) is 19.3. The molecule has 0 atom stereocenters. The number of carbonyl (C=O) groups excluding carboxylic acids is 1. The number of rotatable bonds is 7. The lowest BCUT2D eigenvalue weighted by atomic mass is 10.1. The highest BCUT2D eigenvalue weighted by molar-refractivity contribution is 7.88. The number of alkyl halides is 3. The van der Waals surface area contributed by atoms with Crippen LogP contribution >= 0.6 is 0 Å². The van der Waals surface area contributed by atoms with Gasteiger partial charge in [-0.2, -0.15) is 18.2 Å². The van der Waals surface area contributed by atoms with E-state index in [1.807, 2.05) is 0 Å². The Balaban J connectivity index is 1.83. The minimum atomic E-state index is -4.70. The van der Waals surface area contributed by atoms with Crippen LogP contribution in [0.5, 0.6) is 0 Å². The number of hydrogen-bond acceptors (Lipinski definition) is 7. The zero-order valence-electron chi connectivity index (χ0n) is 16.0. The fourth-order valence-electron chi connectivity index (χ4n) is 2.77. The van der Waals surface area contributed by atoms with Crippen LogP contribution in [0.1, 0.15) is 11.1 Å². The van der Waals surface area contributed by atoms with Gasteiger partial charge in [-0.1, -0.05) is 6.07 Å². The maximum absolute atomic E-state index is 13.3. The molecule has 162 valence electrons. The first-order chi connectivity index (χ1) is 13.9. The van der Waals surface area contributed by atoms with E-state index in [0.717, 1.165) is 10.6 Å². The quantitative estimate of drug-likeness (QED) is 0.598. The van der Waals surface area contributed by atoms with E-state index in [9.17, 15) is 26.4 Å². The van der Waals surface area contributed by atoms with Crippen molar-refractivity contribution in [3.8, 4) is 0 Å². The summed E-state index contributed by atoms with van der Waals surface area (Å²) in [6.45, 7) is -0.148. The molecule has 30 heavy (non-hydrogen) atoms. The number of likely N-dealkylation sites (N-methyl/N-ethyl adjacent to an activating group) is 1. The van der Waals surface area contributed by atoms with E-state index in [4.69, 9.17) is 0 Å². The standard InChI is InChI=1S/C17H19F3N6O3S/c1-26(30(2,28)29)7-6-21-15-11(17(18,19)20)9-22-16(25-15)24-13-5-3-4-12-10(13)8-14(27)23-12/h3-5,9H,6-8H2,1-2H3,(H,23,27)(H2,21,22,24,25). The molecule has 1 aliphatic rings. The molecule has 1 aromatic heterocycles. The number of halogens is 3. The molecule has 1 amide bonds. The van der Waals surface area contributed by atoms with E-state index in [0.29, 0.717) is 23.1 Å². The van der Waals surface area contributed by atoms with Gasteiger partial charge < -0.3 is 16.0 Å². The number of anilines is 4. The second-order valence-electron chi connectivity index (χ2n) is 6.65. The van der Waals surface area contributed by atoms with Crippen molar-refractivity contribution in [2.45, 2.75) is 12.6 Å². The Morgan fingerprint density at radius 1 is 1.30 bits per heavy atom. The topological polar surface area (TPSA) is 116 Å². The van der Waals surface area contributed by atoms with Gasteiger partial charge in [-0.3, -0.25) is 4.79 Å². The summed E-state index contributed by atoms with van der Waals surface area (Å²) < 4.78 is 63.8. The number of benzene rings is 1. The van der Waals surface area contributed by atoms with Crippen molar-refractivity contribution in [2.75, 3.05) is 42.3 Å². The summed E-state index contributed by atoms with van der Waals surface area (Å²) in [5.74, 6) is -0.775. The average molecular weight is 444 g/mol. The molecule has 13 heteroatoms. The predicted octanol–water partition coefficient (Wildman–Crippen LogP) is 2.04. The highest BCUT2D eigenvalue weighted by Crippen LogP contribution is 2.35. The number of nitrogens with one attached hydrogen (secondary N) is 3. The van der Waals surface area contributed by atoms with Crippen LogP contribution in [0, 0.1) is 0 Å². The van der Waals surface area contributed by atoms with E-state index in [-0.39, 0.29) is 31.4 Å². The van der Waals surface area contributed by atoms with Crippen molar-refractivity contribution in [1.29, 1.82) is 0 Å². The van der Waals surface area contributed by atoms with Gasteiger partial charge in [0.05, 0.1) is 12.7 Å². The van der Waals surface area contributed by atoms with Crippen LogP contribution in [0.15, 0.2) is 24.4 Å². The van der Waals surface area contributed by atoms with Crippen molar-refractivity contribution in [3.05, 3.63) is 35.5 Å². The lowest BCUT2D eigenvalue weighted by molar-refractivity contribution is -0.137. The third-order valence-corrected chi connectivity index (χ3v) is 5.73. The maximum Gasteiger partial charge on any atom is 0.421 e. The summed E-state index contributed by atoms with van der Waals surface area (Å²) >= 11 is 0. The summed E-state index contributed by atoms with van der Waals surface area (Å²) in [6, 6.07) is 5.05. The molecule has 0 fully saturated rings. The van der Waals surface area contributed by atoms with Crippen molar-refractivity contribution in [1.82, 2.24) is 14.3 Å². The Kier molecular flexibility index (Phi) is 5.85. The van der Waals surface area contributed by atoms with Crippen molar-refractivity contribution >= 4 is 39.1 Å². The first kappa shape index (κ1) is 21.8. The van der Waals surface area contributed by atoms with E-state index >= 15 is 0 Å². The number of nitrogens with zero attached hydrogens (tertiary/aromatic N) is 3. The Labute approximate surface area is 170 Å². The van der Waals surface area contributed by atoms with E-state index in [2.05, 4.69) is 25.9 Å². The molecule has 0 bridgehead atoms. The Morgan fingerprint density at radius 2 is 2.03 bits per heavy atom. The molecule has 3 N–H and O–H groups in total. The Morgan fingerprint density at radius 3 is 2.70 bits per heavy atom. The van der Waals surface area contributed by atoms with Crippen LogP contribution in [-0.4, -0.2) is 55.0 Å². The lowest BCUT2D eigenvalue weighted by Gasteiger charge is -2.17. The third-order valence-electron chi connectivity index (χ3n) is 4.41. The van der Waals surface area contributed by atoms with Crippen molar-refractivity contribution in [3.63, 3.8) is 0 Å². The SMILES string of the molecule is CN(CCNc1nc(Nc2cccc3c2CC(=O)N3)ncc1C(F)(F)F)S(C)(=O)=O. The molecule has 2 heterocycles. The largest absolute Gasteiger partial charge is 0.421 e. The van der Waals surface area contributed by atoms with Crippen LogP contribution < -0.4 is 16.0 Å². The summed E-state index contributed by atoms with van der Waals surface area (Å²) in [7, 11) is -2.14. The molecule has 2 aromatic rings. The first-order valence-electron chi connectivity index (χ1n) is 8.73. The second kappa shape index (κ2) is 8.07. The van der Waals surface area contributed by atoms with Crippen molar-refractivity contribution < 1.29 is 26.4 Å². The van der Waals surface area contributed by atoms with Gasteiger partial charge in [0, 0.05) is 43.3 Å². The third kappa shape index (κ3) is 4.97. The number of sulfonamides is 1. The molecule has 0 unspecified atom stereocenters. The van der Waals surface area contributed by atoms with Crippen LogP contribution in [0.25, 0.3) is 0 Å². The Hall–Kier alpha value is -2.93. The zero-order valence-corrected chi connectivity index (χ0v) is 16.9. The summed E-state index contributed by atoms with van der Waals surface area (Å²) in [5, 5.41) is 8.04. The van der Waals surface area contributed by atoms with E-state index in [1.165, 1.54) is 7.05 Å². The monoisotopic (exact) mass is 444 g/mol. The van der Waals surface area contributed by atoms with Gasteiger partial charge in [-0.25, -0.2) is 17.7 Å². The van der Waals surface area contributed by atoms with Crippen LogP contribution in [0.4, 0.5) is 36.3 Å². The van der Waals surface area contributed by atoms with Gasteiger partial charge in [0.1, 0.15) is 11.4 Å². The minimum absolute atomic E-state index is 0.0527. The molecule has 0 spiro atoms. The highest BCUT2D eigenvalue weighted by atomic mass is 32.2. The number of carbonyl (C=O) groups is 1. The maximum atomic E-state index is 13.3. The summed E-state index contributed by atoms with van der Waals surface area (Å²) in [5.41, 5.74) is 0.688. The highest BCUT2D eigenvalue weighted by Gasteiger charge is 2.35. The van der Waals surface area contributed by atoms with Crippen LogP contribution in [-0.2, 0) is 27.4 Å². The van der Waals surface area contributed by atoms with Gasteiger partial charge in [0.2, 0.25) is 21.9 Å². The molecule has 1 aromatic carbocycles. The number of hydrogen-bond donors (Lipinski definition) is 3. The van der Waals surface area contributed by atoms with Gasteiger partial charge in [-0.05, 0) is 12.1 Å². The number of aromatic nitrogens is 2. The fourth-order valence-corrected chi connectivity index (χ4v) is 3.19. The van der Waals surface area contributed by atoms with Gasteiger partial charge in [-0.15, -0.1) is 0 Å². The summed E-state index contributed by atoms with van der Waals surface area (Å²) in [6.07, 6.45) is -2.93. The van der Waals surface area contributed by atoms with Crippen molar-refractivity contribution in [2.24, 2.45) is 0 Å². The molecule has 9 nitrogen and oxygen atoms in total. The van der Waals surface area contributed by atoms with Crippen LogP contribution in [0.2, 0.25) is 0 Å². The molecular weight excluding hydrogens is 425 g/mol. The van der Waals surface area contributed by atoms with Gasteiger partial charge in [0.15, 0.2) is 0 Å².